The normalized spacial score (nSPS) is 31.1. The van der Waals surface area contributed by atoms with Crippen molar-refractivity contribution in [2.45, 2.75) is 50.9 Å². The molecule has 0 unspecified atom stereocenters. The van der Waals surface area contributed by atoms with Crippen molar-refractivity contribution >= 4 is 11.8 Å². The van der Waals surface area contributed by atoms with Crippen LogP contribution in [0.4, 0.5) is 13.2 Å². The first kappa shape index (κ1) is 24.4. The number of carbonyl (C=O) groups excluding carboxylic acids is 2. The number of ether oxygens (including phenoxy) is 1. The second kappa shape index (κ2) is 9.84. The second-order valence-electron chi connectivity index (χ2n) is 9.69. The van der Waals surface area contributed by atoms with Crippen LogP contribution in [-0.2, 0) is 9.59 Å². The van der Waals surface area contributed by atoms with Gasteiger partial charge < -0.3 is 15.4 Å². The monoisotopic (exact) mass is 476 g/mol. The smallest absolute Gasteiger partial charge is 0.471 e. The van der Waals surface area contributed by atoms with E-state index < -0.39 is 24.0 Å². The minimum atomic E-state index is -4.97. The van der Waals surface area contributed by atoms with Crippen molar-refractivity contribution in [1.82, 2.24) is 10.6 Å². The molecule has 0 aliphatic heterocycles. The summed E-state index contributed by atoms with van der Waals surface area (Å²) in [6.45, 7) is 1.80. The Bertz CT molecular complexity index is 945. The molecular weight excluding hydrogens is 445 g/mol. The zero-order valence-electron chi connectivity index (χ0n) is 19.3. The molecule has 0 radical (unpaired) electrons. The molecule has 5 rings (SSSR count). The molecule has 4 bridgehead atoms. The number of hydrogen-bond donors (Lipinski definition) is 2. The third kappa shape index (κ3) is 5.31. The Balaban J connectivity index is 0.000000328. The van der Waals surface area contributed by atoms with Gasteiger partial charge in [-0.3, -0.25) is 9.59 Å². The zero-order chi connectivity index (χ0) is 24.5. The van der Waals surface area contributed by atoms with E-state index in [0.29, 0.717) is 12.2 Å². The number of halogens is 3. The lowest BCUT2D eigenvalue weighted by atomic mass is 9.87. The fourth-order valence-corrected chi connectivity index (χ4v) is 5.61. The quantitative estimate of drug-likeness (QED) is 0.605. The van der Waals surface area contributed by atoms with E-state index in [1.165, 1.54) is 19.3 Å². The molecule has 0 aromatic heterocycles. The predicted molar refractivity (Wildman–Crippen MR) is 122 cm³/mol. The Morgan fingerprint density at radius 3 is 2.09 bits per heavy atom. The van der Waals surface area contributed by atoms with E-state index in [0.717, 1.165) is 17.4 Å². The summed E-state index contributed by atoms with van der Waals surface area (Å²) in [5, 5.41) is 4.87. The number of fused-ring (bicyclic) bond motifs is 4. The second-order valence-corrected chi connectivity index (χ2v) is 9.69. The van der Waals surface area contributed by atoms with E-state index in [4.69, 9.17) is 4.74 Å². The largest absolute Gasteiger partial charge is 0.497 e. The average molecular weight is 477 g/mol. The summed E-state index contributed by atoms with van der Waals surface area (Å²) in [4.78, 5) is 24.1. The molecule has 0 heterocycles. The Labute approximate surface area is 197 Å². The van der Waals surface area contributed by atoms with Gasteiger partial charge in [0, 0.05) is 6.04 Å². The molecule has 1 aromatic carbocycles. The Morgan fingerprint density at radius 1 is 0.971 bits per heavy atom. The molecule has 4 aliphatic rings. The Morgan fingerprint density at radius 2 is 1.59 bits per heavy atom. The van der Waals surface area contributed by atoms with Gasteiger partial charge in [0.1, 0.15) is 5.75 Å². The summed E-state index contributed by atoms with van der Waals surface area (Å²) < 4.78 is 43.0. The highest BCUT2D eigenvalue weighted by Gasteiger charge is 2.51. The highest BCUT2D eigenvalue weighted by Crippen LogP contribution is 2.44. The van der Waals surface area contributed by atoms with Crippen LogP contribution in [0.5, 0.6) is 5.75 Å². The molecule has 1 aromatic rings. The molecule has 2 saturated carbocycles. The lowest BCUT2D eigenvalue weighted by Gasteiger charge is -2.29. The van der Waals surface area contributed by atoms with Crippen LogP contribution < -0.4 is 15.4 Å². The Hall–Kier alpha value is -2.77. The van der Waals surface area contributed by atoms with Crippen LogP contribution in [0.3, 0.4) is 0 Å². The standard InChI is InChI=1S/C19H21F3N2O3.C7H10/c1-10(11-5-7-14(27-2)8-6-11)23-17(25)15-12-3-4-13(9-12)16(15)24-18(26)19(20,21)22;1-2-7-4-3-6(1)5-7/h3-8,10,12-13,15-16H,9H2,1-2H3,(H,23,25)(H,24,26);1-2,6-7H,3-5H2/t10-,12-,13+,15+,16-;6-,7+/m1./s1. The molecule has 184 valence electrons. The van der Waals surface area contributed by atoms with Crippen molar-refractivity contribution in [3.63, 3.8) is 0 Å². The molecule has 5 nitrogen and oxygen atoms in total. The van der Waals surface area contributed by atoms with Gasteiger partial charge in [-0.15, -0.1) is 0 Å². The van der Waals surface area contributed by atoms with Gasteiger partial charge in [0.2, 0.25) is 5.91 Å². The van der Waals surface area contributed by atoms with Gasteiger partial charge in [0.25, 0.3) is 0 Å². The number of alkyl halides is 3. The minimum Gasteiger partial charge on any atom is -0.497 e. The van der Waals surface area contributed by atoms with Gasteiger partial charge in [-0.1, -0.05) is 36.4 Å². The number of hydrogen-bond acceptors (Lipinski definition) is 3. The van der Waals surface area contributed by atoms with Crippen molar-refractivity contribution in [3.05, 3.63) is 54.1 Å². The molecule has 4 aliphatic carbocycles. The van der Waals surface area contributed by atoms with Crippen molar-refractivity contribution in [2.24, 2.45) is 29.6 Å². The fraction of sp³-hybridized carbons (Fsp3) is 0.538. The summed E-state index contributed by atoms with van der Waals surface area (Å²) in [7, 11) is 1.55. The lowest BCUT2D eigenvalue weighted by molar-refractivity contribution is -0.175. The molecule has 7 atom stereocenters. The molecular formula is C26H31F3N2O3. The third-order valence-electron chi connectivity index (χ3n) is 7.46. The first-order valence-electron chi connectivity index (χ1n) is 11.8. The molecule has 2 N–H and O–H groups in total. The van der Waals surface area contributed by atoms with Gasteiger partial charge >= 0.3 is 12.1 Å². The molecule has 0 saturated heterocycles. The summed E-state index contributed by atoms with van der Waals surface area (Å²) in [6, 6.07) is 5.98. The maximum Gasteiger partial charge on any atom is 0.471 e. The van der Waals surface area contributed by atoms with Crippen LogP contribution in [0.25, 0.3) is 0 Å². The predicted octanol–water partition coefficient (Wildman–Crippen LogP) is 4.71. The van der Waals surface area contributed by atoms with Gasteiger partial charge in [-0.2, -0.15) is 13.2 Å². The molecule has 8 heteroatoms. The number of nitrogens with one attached hydrogen (secondary N) is 2. The highest BCUT2D eigenvalue weighted by molar-refractivity contribution is 5.85. The molecule has 34 heavy (non-hydrogen) atoms. The average Bonchev–Trinajstić information content (AvgIpc) is 3.61. The number of benzene rings is 1. The van der Waals surface area contributed by atoms with Crippen molar-refractivity contribution < 1.29 is 27.5 Å². The summed E-state index contributed by atoms with van der Waals surface area (Å²) in [6.07, 6.45) is 8.41. The zero-order valence-corrected chi connectivity index (χ0v) is 19.3. The number of allylic oxidation sites excluding steroid dienone is 3. The van der Waals surface area contributed by atoms with Crippen LogP contribution >= 0.6 is 0 Å². The van der Waals surface area contributed by atoms with Gasteiger partial charge in [0.15, 0.2) is 0 Å². The van der Waals surface area contributed by atoms with E-state index in [9.17, 15) is 22.8 Å². The van der Waals surface area contributed by atoms with E-state index in [-0.39, 0.29) is 23.8 Å². The number of methoxy groups -OCH3 is 1. The van der Waals surface area contributed by atoms with Crippen LogP contribution in [0.15, 0.2) is 48.6 Å². The maximum atomic E-state index is 12.8. The SMILES string of the molecule is C1=C[C@H]2CC[C@@H]1C2.COc1ccc([C@@H](C)NC(=O)[C@@H]2[C@H](NC(=O)C(F)(F)F)[C@H]3C=C[C@@H]2C3)cc1. The van der Waals surface area contributed by atoms with Crippen molar-refractivity contribution in [2.75, 3.05) is 7.11 Å². The van der Waals surface area contributed by atoms with E-state index >= 15 is 0 Å². The first-order valence-corrected chi connectivity index (χ1v) is 11.8. The molecule has 2 fully saturated rings. The third-order valence-corrected chi connectivity index (χ3v) is 7.46. The van der Waals surface area contributed by atoms with E-state index in [2.05, 4.69) is 17.5 Å². The Kier molecular flexibility index (Phi) is 7.05. The summed E-state index contributed by atoms with van der Waals surface area (Å²) in [5.41, 5.74) is 0.846. The number of rotatable bonds is 5. The summed E-state index contributed by atoms with van der Waals surface area (Å²) in [5.74, 6) is -0.838. The van der Waals surface area contributed by atoms with Gasteiger partial charge in [-0.05, 0) is 74.0 Å². The highest BCUT2D eigenvalue weighted by atomic mass is 19.4. The lowest BCUT2D eigenvalue weighted by Crippen LogP contribution is -2.52. The summed E-state index contributed by atoms with van der Waals surface area (Å²) >= 11 is 0. The van der Waals surface area contributed by atoms with Gasteiger partial charge in [0.05, 0.1) is 19.1 Å². The molecule has 2 amide bonds. The maximum absolute atomic E-state index is 12.8. The van der Waals surface area contributed by atoms with Crippen LogP contribution in [0.2, 0.25) is 0 Å². The van der Waals surface area contributed by atoms with Crippen LogP contribution in [-0.4, -0.2) is 31.1 Å². The van der Waals surface area contributed by atoms with Crippen molar-refractivity contribution in [1.29, 1.82) is 0 Å². The van der Waals surface area contributed by atoms with Crippen LogP contribution in [0.1, 0.15) is 44.2 Å². The number of carbonyl (C=O) groups is 2. The van der Waals surface area contributed by atoms with E-state index in [1.54, 1.807) is 32.2 Å². The molecule has 0 spiro atoms. The van der Waals surface area contributed by atoms with E-state index in [1.807, 2.05) is 23.5 Å². The topological polar surface area (TPSA) is 67.4 Å². The van der Waals surface area contributed by atoms with Crippen molar-refractivity contribution in [3.8, 4) is 5.75 Å². The minimum absolute atomic E-state index is 0.170. The van der Waals surface area contributed by atoms with Crippen LogP contribution in [0, 0.1) is 29.6 Å². The number of amides is 2. The fourth-order valence-electron chi connectivity index (χ4n) is 5.61. The van der Waals surface area contributed by atoms with Gasteiger partial charge in [-0.25, -0.2) is 0 Å². The first-order chi connectivity index (χ1) is 16.2.